The van der Waals surface area contributed by atoms with Crippen molar-refractivity contribution in [3.8, 4) is 0 Å². The zero-order chi connectivity index (χ0) is 13.5. The summed E-state index contributed by atoms with van der Waals surface area (Å²) in [6, 6.07) is 4.04. The summed E-state index contributed by atoms with van der Waals surface area (Å²) in [4.78, 5) is 12.9. The van der Waals surface area contributed by atoms with Gasteiger partial charge in [-0.2, -0.15) is 0 Å². The van der Waals surface area contributed by atoms with Gasteiger partial charge in [-0.1, -0.05) is 19.1 Å². The lowest BCUT2D eigenvalue weighted by Crippen LogP contribution is -2.31. The molecule has 0 fully saturated rings. The van der Waals surface area contributed by atoms with E-state index in [4.69, 9.17) is 0 Å². The van der Waals surface area contributed by atoms with E-state index in [9.17, 15) is 13.6 Å². The summed E-state index contributed by atoms with van der Waals surface area (Å²) in [5.41, 5.74) is 0.243. The van der Waals surface area contributed by atoms with Gasteiger partial charge in [-0.25, -0.2) is 8.78 Å². The van der Waals surface area contributed by atoms with Crippen LogP contribution in [0.2, 0.25) is 0 Å². The van der Waals surface area contributed by atoms with Crippen LogP contribution in [0.3, 0.4) is 0 Å². The molecule has 0 aliphatic rings. The highest BCUT2D eigenvalue weighted by Crippen LogP contribution is 2.13. The van der Waals surface area contributed by atoms with Crippen LogP contribution in [0.5, 0.6) is 0 Å². The fourth-order valence-corrected chi connectivity index (χ4v) is 1.69. The Morgan fingerprint density at radius 3 is 2.72 bits per heavy atom. The molecule has 0 amide bonds. The molecule has 100 valence electrons. The fourth-order valence-electron chi connectivity index (χ4n) is 1.69. The third-order valence-corrected chi connectivity index (χ3v) is 2.55. The van der Waals surface area contributed by atoms with Gasteiger partial charge in [0, 0.05) is 12.1 Å². The molecule has 0 aliphatic carbocycles. The third-order valence-electron chi connectivity index (χ3n) is 2.55. The minimum absolute atomic E-state index is 0.0697. The van der Waals surface area contributed by atoms with Gasteiger partial charge in [0.25, 0.3) is 0 Å². The standard InChI is InChI=1S/C13H17F2NO2/c1-3-7-16(9-12(17)18-2)8-10-5-4-6-11(14)13(10)15/h4-6H,3,7-9H2,1-2H3. The Labute approximate surface area is 105 Å². The van der Waals surface area contributed by atoms with Crippen molar-refractivity contribution in [3.05, 3.63) is 35.4 Å². The molecule has 1 aromatic carbocycles. The molecule has 0 aromatic heterocycles. The van der Waals surface area contributed by atoms with Crippen LogP contribution in [-0.4, -0.2) is 31.1 Å². The maximum atomic E-state index is 13.5. The van der Waals surface area contributed by atoms with Gasteiger partial charge >= 0.3 is 5.97 Å². The van der Waals surface area contributed by atoms with E-state index in [1.807, 2.05) is 6.92 Å². The van der Waals surface area contributed by atoms with Crippen LogP contribution in [0.1, 0.15) is 18.9 Å². The van der Waals surface area contributed by atoms with Gasteiger partial charge in [0.1, 0.15) is 0 Å². The minimum Gasteiger partial charge on any atom is -0.468 e. The van der Waals surface area contributed by atoms with E-state index in [0.717, 1.165) is 12.5 Å². The van der Waals surface area contributed by atoms with Crippen molar-refractivity contribution in [2.75, 3.05) is 20.2 Å². The van der Waals surface area contributed by atoms with Gasteiger partial charge in [0.2, 0.25) is 0 Å². The highest BCUT2D eigenvalue weighted by atomic mass is 19.2. The number of methoxy groups -OCH3 is 1. The number of carbonyl (C=O) groups is 1. The molecular formula is C13H17F2NO2. The molecule has 0 heterocycles. The number of hydrogen-bond donors (Lipinski definition) is 0. The monoisotopic (exact) mass is 257 g/mol. The van der Waals surface area contributed by atoms with E-state index in [-0.39, 0.29) is 24.6 Å². The van der Waals surface area contributed by atoms with Crippen LogP contribution in [0.25, 0.3) is 0 Å². The second-order valence-electron chi connectivity index (χ2n) is 4.00. The predicted molar refractivity (Wildman–Crippen MR) is 63.9 cm³/mol. The van der Waals surface area contributed by atoms with E-state index >= 15 is 0 Å². The summed E-state index contributed by atoms with van der Waals surface area (Å²) in [5.74, 6) is -2.12. The Hall–Kier alpha value is -1.49. The van der Waals surface area contributed by atoms with Gasteiger partial charge < -0.3 is 4.74 Å². The van der Waals surface area contributed by atoms with Crippen molar-refractivity contribution in [3.63, 3.8) is 0 Å². The fraction of sp³-hybridized carbons (Fsp3) is 0.462. The molecule has 0 N–H and O–H groups in total. The van der Waals surface area contributed by atoms with Crippen LogP contribution < -0.4 is 0 Å². The normalized spacial score (nSPS) is 10.7. The lowest BCUT2D eigenvalue weighted by molar-refractivity contribution is -0.142. The lowest BCUT2D eigenvalue weighted by Gasteiger charge is -2.20. The summed E-state index contributed by atoms with van der Waals surface area (Å²) in [5, 5.41) is 0. The number of esters is 1. The smallest absolute Gasteiger partial charge is 0.319 e. The SMILES string of the molecule is CCCN(CC(=O)OC)Cc1cccc(F)c1F. The molecule has 0 saturated heterocycles. The second kappa shape index (κ2) is 7.06. The van der Waals surface area contributed by atoms with Crippen LogP contribution >= 0.6 is 0 Å². The Kier molecular flexibility index (Phi) is 5.71. The molecule has 0 atom stereocenters. The second-order valence-corrected chi connectivity index (χ2v) is 4.00. The van der Waals surface area contributed by atoms with Crippen molar-refractivity contribution in [1.82, 2.24) is 4.90 Å². The first-order valence-corrected chi connectivity index (χ1v) is 5.80. The highest BCUT2D eigenvalue weighted by Gasteiger charge is 2.14. The number of nitrogens with zero attached hydrogens (tertiary/aromatic N) is 1. The van der Waals surface area contributed by atoms with Crippen molar-refractivity contribution >= 4 is 5.97 Å². The van der Waals surface area contributed by atoms with Gasteiger partial charge in [0.15, 0.2) is 11.6 Å². The number of rotatable bonds is 6. The molecule has 0 bridgehead atoms. The van der Waals surface area contributed by atoms with E-state index in [0.29, 0.717) is 6.54 Å². The lowest BCUT2D eigenvalue weighted by atomic mass is 10.2. The van der Waals surface area contributed by atoms with Crippen molar-refractivity contribution < 1.29 is 18.3 Å². The molecule has 0 radical (unpaired) electrons. The molecule has 0 unspecified atom stereocenters. The van der Waals surface area contributed by atoms with Crippen LogP contribution in [0, 0.1) is 11.6 Å². The van der Waals surface area contributed by atoms with Gasteiger partial charge in [-0.3, -0.25) is 9.69 Å². The molecule has 18 heavy (non-hydrogen) atoms. The zero-order valence-corrected chi connectivity index (χ0v) is 10.6. The first-order valence-electron chi connectivity index (χ1n) is 5.80. The number of benzene rings is 1. The third kappa shape index (κ3) is 4.07. The summed E-state index contributed by atoms with van der Waals surface area (Å²) < 4.78 is 31.1. The van der Waals surface area contributed by atoms with Gasteiger partial charge in [-0.15, -0.1) is 0 Å². The number of hydrogen-bond acceptors (Lipinski definition) is 3. The Bertz CT molecular complexity index is 410. The highest BCUT2D eigenvalue weighted by molar-refractivity contribution is 5.71. The molecule has 0 aliphatic heterocycles. The molecule has 5 heteroatoms. The van der Waals surface area contributed by atoms with Gasteiger partial charge in [0.05, 0.1) is 13.7 Å². The maximum Gasteiger partial charge on any atom is 0.319 e. The number of ether oxygens (including phenoxy) is 1. The average molecular weight is 257 g/mol. The van der Waals surface area contributed by atoms with Crippen molar-refractivity contribution in [1.29, 1.82) is 0 Å². The Balaban J connectivity index is 2.76. The van der Waals surface area contributed by atoms with Crippen molar-refractivity contribution in [2.45, 2.75) is 19.9 Å². The Morgan fingerprint density at radius 2 is 2.11 bits per heavy atom. The number of carbonyl (C=O) groups excluding carboxylic acids is 1. The summed E-state index contributed by atoms with van der Waals surface area (Å²) in [7, 11) is 1.30. The molecular weight excluding hydrogens is 240 g/mol. The molecule has 0 saturated carbocycles. The average Bonchev–Trinajstić information content (AvgIpc) is 2.35. The number of halogens is 2. The molecule has 1 rings (SSSR count). The first-order chi connectivity index (χ1) is 8.58. The quantitative estimate of drug-likeness (QED) is 0.733. The largest absolute Gasteiger partial charge is 0.468 e. The predicted octanol–water partition coefficient (Wildman–Crippen LogP) is 2.35. The Morgan fingerprint density at radius 1 is 1.39 bits per heavy atom. The van der Waals surface area contributed by atoms with E-state index in [1.54, 1.807) is 4.90 Å². The molecule has 1 aromatic rings. The molecule has 3 nitrogen and oxygen atoms in total. The molecule has 0 spiro atoms. The zero-order valence-electron chi connectivity index (χ0n) is 10.6. The van der Waals surface area contributed by atoms with Gasteiger partial charge in [-0.05, 0) is 19.0 Å². The van der Waals surface area contributed by atoms with Crippen molar-refractivity contribution in [2.24, 2.45) is 0 Å². The minimum atomic E-state index is -0.873. The maximum absolute atomic E-state index is 13.5. The summed E-state index contributed by atoms with van der Waals surface area (Å²) >= 11 is 0. The summed E-state index contributed by atoms with van der Waals surface area (Å²) in [6.07, 6.45) is 0.813. The first kappa shape index (κ1) is 14.6. The van der Waals surface area contributed by atoms with Crippen LogP contribution in [0.4, 0.5) is 8.78 Å². The topological polar surface area (TPSA) is 29.5 Å². The summed E-state index contributed by atoms with van der Waals surface area (Å²) in [6.45, 7) is 2.82. The van der Waals surface area contributed by atoms with Crippen LogP contribution in [-0.2, 0) is 16.1 Å². The van der Waals surface area contributed by atoms with E-state index in [1.165, 1.54) is 19.2 Å². The van der Waals surface area contributed by atoms with Crippen LogP contribution in [0.15, 0.2) is 18.2 Å². The van der Waals surface area contributed by atoms with E-state index < -0.39 is 11.6 Å². The van der Waals surface area contributed by atoms with E-state index in [2.05, 4.69) is 4.74 Å².